The highest BCUT2D eigenvalue weighted by molar-refractivity contribution is 7.88. The van der Waals surface area contributed by atoms with Crippen molar-refractivity contribution < 1.29 is 17.6 Å². The Balaban J connectivity index is 1.94. The molecular weight excluding hydrogens is 367 g/mol. The van der Waals surface area contributed by atoms with Gasteiger partial charge in [-0.05, 0) is 30.7 Å². The highest BCUT2D eigenvalue weighted by Gasteiger charge is 2.32. The summed E-state index contributed by atoms with van der Waals surface area (Å²) >= 11 is 0. The van der Waals surface area contributed by atoms with Crippen LogP contribution in [0.1, 0.15) is 46.1 Å². The van der Waals surface area contributed by atoms with E-state index in [4.69, 9.17) is 0 Å². The maximum Gasteiger partial charge on any atom is 0.223 e. The van der Waals surface area contributed by atoms with Crippen molar-refractivity contribution in [1.29, 1.82) is 0 Å². The predicted molar refractivity (Wildman–Crippen MR) is 105 cm³/mol. The van der Waals surface area contributed by atoms with E-state index >= 15 is 0 Å². The molecule has 0 aliphatic carbocycles. The Morgan fingerprint density at radius 3 is 2.22 bits per heavy atom. The third-order valence-electron chi connectivity index (χ3n) is 5.26. The molecule has 1 heterocycles. The Morgan fingerprint density at radius 1 is 1.15 bits per heavy atom. The molecule has 1 aromatic rings. The maximum absolute atomic E-state index is 13.8. The average Bonchev–Trinajstić information content (AvgIpc) is 2.61. The molecule has 0 atom stereocenters. The number of rotatable bonds is 7. The molecule has 0 unspecified atom stereocenters. The number of nitrogens with zero attached hydrogens (tertiary/aromatic N) is 1. The summed E-state index contributed by atoms with van der Waals surface area (Å²) in [6, 6.07) is 6.04. The van der Waals surface area contributed by atoms with Crippen LogP contribution >= 0.6 is 0 Å². The van der Waals surface area contributed by atoms with Crippen LogP contribution in [0.4, 0.5) is 4.39 Å². The third-order valence-corrected chi connectivity index (χ3v) is 7.09. The van der Waals surface area contributed by atoms with Gasteiger partial charge in [-0.2, -0.15) is 0 Å². The number of carbonyl (C=O) groups is 1. The van der Waals surface area contributed by atoms with Gasteiger partial charge in [0.2, 0.25) is 15.9 Å². The zero-order valence-electron chi connectivity index (χ0n) is 16.6. The summed E-state index contributed by atoms with van der Waals surface area (Å²) in [6.45, 7) is 8.93. The highest BCUT2D eigenvalue weighted by Crippen LogP contribution is 2.23. The molecule has 1 amide bonds. The first kappa shape index (κ1) is 21.8. The average molecular weight is 399 g/mol. The number of amides is 1. The smallest absolute Gasteiger partial charge is 0.223 e. The van der Waals surface area contributed by atoms with Crippen LogP contribution in [0.5, 0.6) is 0 Å². The van der Waals surface area contributed by atoms with Crippen LogP contribution in [0.2, 0.25) is 0 Å². The fourth-order valence-electron chi connectivity index (χ4n) is 3.68. The van der Waals surface area contributed by atoms with E-state index in [1.165, 1.54) is 22.5 Å². The molecule has 152 valence electrons. The van der Waals surface area contributed by atoms with E-state index < -0.39 is 15.8 Å². The number of piperidine rings is 1. The number of hydrogen-bond acceptors (Lipinski definition) is 3. The van der Waals surface area contributed by atoms with Gasteiger partial charge in [-0.3, -0.25) is 4.79 Å². The standard InChI is InChI=1S/C20H31FN2O3S/c1-14(2)19(15(3)4)22-20(24)16-9-11-23(12-10-16)27(25,26)13-17-7-5-6-8-18(17)21/h5-8,14-16,19H,9-13H2,1-4H3,(H,22,24). The van der Waals surface area contributed by atoms with E-state index in [0.29, 0.717) is 37.8 Å². The summed E-state index contributed by atoms with van der Waals surface area (Å²) in [5.74, 6) is -0.341. The molecule has 1 N–H and O–H groups in total. The largest absolute Gasteiger partial charge is 0.353 e. The van der Waals surface area contributed by atoms with Crippen molar-refractivity contribution in [3.05, 3.63) is 35.6 Å². The summed E-state index contributed by atoms with van der Waals surface area (Å²) in [5.41, 5.74) is 0.175. The van der Waals surface area contributed by atoms with Crippen LogP contribution in [0.3, 0.4) is 0 Å². The lowest BCUT2D eigenvalue weighted by Gasteiger charge is -2.33. The quantitative estimate of drug-likeness (QED) is 0.767. The molecule has 1 aromatic carbocycles. The molecule has 0 radical (unpaired) electrons. The van der Waals surface area contributed by atoms with Gasteiger partial charge in [-0.1, -0.05) is 45.9 Å². The van der Waals surface area contributed by atoms with Gasteiger partial charge in [0.25, 0.3) is 0 Å². The van der Waals surface area contributed by atoms with E-state index in [-0.39, 0.29) is 29.2 Å². The van der Waals surface area contributed by atoms with Gasteiger partial charge in [0.1, 0.15) is 5.82 Å². The van der Waals surface area contributed by atoms with Crippen molar-refractivity contribution in [3.63, 3.8) is 0 Å². The number of sulfonamides is 1. The van der Waals surface area contributed by atoms with Crippen LogP contribution in [-0.2, 0) is 20.6 Å². The summed E-state index contributed by atoms with van der Waals surface area (Å²) in [5, 5.41) is 3.13. The van der Waals surface area contributed by atoms with E-state index in [1.807, 2.05) is 0 Å². The zero-order chi connectivity index (χ0) is 20.2. The molecule has 1 aliphatic rings. The minimum Gasteiger partial charge on any atom is -0.353 e. The zero-order valence-corrected chi connectivity index (χ0v) is 17.4. The highest BCUT2D eigenvalue weighted by atomic mass is 32.2. The molecular formula is C20H31FN2O3S. The SMILES string of the molecule is CC(C)C(NC(=O)C1CCN(S(=O)(=O)Cc2ccccc2F)CC1)C(C)C. The number of halogens is 1. The maximum atomic E-state index is 13.8. The fraction of sp³-hybridized carbons (Fsp3) is 0.650. The van der Waals surface area contributed by atoms with E-state index in [1.54, 1.807) is 6.07 Å². The number of nitrogens with one attached hydrogen (secondary N) is 1. The van der Waals surface area contributed by atoms with Crippen LogP contribution in [0, 0.1) is 23.6 Å². The Labute approximate surface area is 162 Å². The van der Waals surface area contributed by atoms with E-state index in [2.05, 4.69) is 33.0 Å². The van der Waals surface area contributed by atoms with Crippen LogP contribution in [0.25, 0.3) is 0 Å². The van der Waals surface area contributed by atoms with Crippen molar-refractivity contribution >= 4 is 15.9 Å². The topological polar surface area (TPSA) is 66.5 Å². The molecule has 0 aromatic heterocycles. The first-order valence-electron chi connectivity index (χ1n) is 9.63. The molecule has 5 nitrogen and oxygen atoms in total. The van der Waals surface area contributed by atoms with Crippen LogP contribution in [0.15, 0.2) is 24.3 Å². The van der Waals surface area contributed by atoms with Crippen molar-refractivity contribution in [2.24, 2.45) is 17.8 Å². The van der Waals surface area contributed by atoms with Gasteiger partial charge in [-0.15, -0.1) is 0 Å². The van der Waals surface area contributed by atoms with E-state index in [9.17, 15) is 17.6 Å². The molecule has 0 saturated carbocycles. The monoisotopic (exact) mass is 398 g/mol. The Kier molecular flexibility index (Phi) is 7.40. The summed E-state index contributed by atoms with van der Waals surface area (Å²) in [6.07, 6.45) is 0.983. The van der Waals surface area contributed by atoms with Gasteiger partial charge < -0.3 is 5.32 Å². The fourth-order valence-corrected chi connectivity index (χ4v) is 5.26. The molecule has 27 heavy (non-hydrogen) atoms. The normalized spacial score (nSPS) is 17.0. The van der Waals surface area contributed by atoms with Crippen molar-refractivity contribution in [2.75, 3.05) is 13.1 Å². The van der Waals surface area contributed by atoms with Crippen molar-refractivity contribution in [3.8, 4) is 0 Å². The van der Waals surface area contributed by atoms with Gasteiger partial charge in [0.15, 0.2) is 0 Å². The molecule has 1 fully saturated rings. The molecule has 2 rings (SSSR count). The molecule has 0 spiro atoms. The minimum atomic E-state index is -3.60. The second-order valence-corrected chi connectivity index (χ2v) is 10.0. The summed E-state index contributed by atoms with van der Waals surface area (Å²) in [7, 11) is -3.60. The molecule has 7 heteroatoms. The van der Waals surface area contributed by atoms with E-state index in [0.717, 1.165) is 0 Å². The Bertz CT molecular complexity index is 733. The lowest BCUT2D eigenvalue weighted by molar-refractivity contribution is -0.127. The number of carbonyl (C=O) groups excluding carboxylic acids is 1. The molecule has 1 aliphatic heterocycles. The Morgan fingerprint density at radius 2 is 1.70 bits per heavy atom. The van der Waals surface area contributed by atoms with Gasteiger partial charge in [0.05, 0.1) is 5.75 Å². The van der Waals surface area contributed by atoms with Gasteiger partial charge in [-0.25, -0.2) is 17.1 Å². The predicted octanol–water partition coefficient (Wildman–Crippen LogP) is 3.16. The first-order valence-corrected chi connectivity index (χ1v) is 11.2. The second kappa shape index (κ2) is 9.15. The summed E-state index contributed by atoms with van der Waals surface area (Å²) in [4.78, 5) is 12.6. The summed E-state index contributed by atoms with van der Waals surface area (Å²) < 4.78 is 40.3. The first-order chi connectivity index (χ1) is 12.6. The number of hydrogen-bond donors (Lipinski definition) is 1. The van der Waals surface area contributed by atoms with Gasteiger partial charge in [0, 0.05) is 30.6 Å². The van der Waals surface area contributed by atoms with Crippen LogP contribution < -0.4 is 5.32 Å². The minimum absolute atomic E-state index is 0.00792. The number of benzene rings is 1. The van der Waals surface area contributed by atoms with Crippen LogP contribution in [-0.4, -0.2) is 37.8 Å². The Hall–Kier alpha value is -1.47. The molecule has 1 saturated heterocycles. The third kappa shape index (κ3) is 5.75. The van der Waals surface area contributed by atoms with Crippen molar-refractivity contribution in [1.82, 2.24) is 9.62 Å². The second-order valence-electron chi connectivity index (χ2n) is 8.04. The van der Waals surface area contributed by atoms with Gasteiger partial charge >= 0.3 is 0 Å². The lowest BCUT2D eigenvalue weighted by atomic mass is 9.91. The van der Waals surface area contributed by atoms with Crippen molar-refractivity contribution in [2.45, 2.75) is 52.3 Å². The lowest BCUT2D eigenvalue weighted by Crippen LogP contribution is -2.48. The molecule has 0 bridgehead atoms.